The molecule has 4 aromatic heterocycles. The lowest BCUT2D eigenvalue weighted by atomic mass is 9.93. The summed E-state index contributed by atoms with van der Waals surface area (Å²) in [7, 11) is 0. The SMILES string of the molecule is C=CN=C(c1ccccn1)c1cc(-c2n[nH]c3ccc(C(/C=C(\C=C)NC(=C)CC4CCNCC4)=C/C)nc23)[nH]c1C. The lowest BCUT2D eigenvalue weighted by molar-refractivity contribution is 0.368. The van der Waals surface area contributed by atoms with Gasteiger partial charge < -0.3 is 15.6 Å². The molecule has 5 rings (SSSR count). The van der Waals surface area contributed by atoms with Gasteiger partial charge in [-0.15, -0.1) is 0 Å². The van der Waals surface area contributed by atoms with Crippen LogP contribution in [0.15, 0.2) is 103 Å². The van der Waals surface area contributed by atoms with Crippen LogP contribution < -0.4 is 10.6 Å². The van der Waals surface area contributed by atoms with E-state index < -0.39 is 0 Å². The molecule has 1 saturated heterocycles. The summed E-state index contributed by atoms with van der Waals surface area (Å²) in [5, 5.41) is 14.7. The quantitative estimate of drug-likeness (QED) is 0.123. The van der Waals surface area contributed by atoms with Crippen LogP contribution in [0.25, 0.3) is 28.0 Å². The molecule has 8 heteroatoms. The van der Waals surface area contributed by atoms with Gasteiger partial charge >= 0.3 is 0 Å². The predicted molar refractivity (Wildman–Crippen MR) is 173 cm³/mol. The van der Waals surface area contributed by atoms with E-state index in [1.54, 1.807) is 6.20 Å². The Morgan fingerprint density at radius 2 is 1.98 bits per heavy atom. The topological polar surface area (TPSA) is 107 Å². The Bertz CT molecular complexity index is 1680. The molecule has 0 aromatic carbocycles. The fourth-order valence-corrected chi connectivity index (χ4v) is 5.36. The van der Waals surface area contributed by atoms with Gasteiger partial charge in [-0.2, -0.15) is 5.10 Å². The standard InChI is InChI=1S/C34H38N8/c1-6-25(20-26(7-2)38-22(4)19-24-14-17-35-18-15-24)28-12-13-30-33(40-28)34(42-41-30)31-21-27(23(5)39-31)32(36-8-3)29-11-9-10-16-37-29/h6-13,16,20-21,24,35,38-39H,2-4,14-15,17-19H2,1,5H3,(H,41,42)/b25-6+,26-20+,36-32?. The highest BCUT2D eigenvalue weighted by molar-refractivity contribution is 6.13. The maximum absolute atomic E-state index is 5.04. The molecule has 0 unspecified atom stereocenters. The van der Waals surface area contributed by atoms with E-state index in [1.165, 1.54) is 19.0 Å². The van der Waals surface area contributed by atoms with Crippen molar-refractivity contribution in [2.24, 2.45) is 10.9 Å². The second kappa shape index (κ2) is 13.2. The third-order valence-electron chi connectivity index (χ3n) is 7.51. The lowest BCUT2D eigenvalue weighted by Gasteiger charge is -2.24. The van der Waals surface area contributed by atoms with Gasteiger partial charge in [0.1, 0.15) is 11.2 Å². The molecule has 0 radical (unpaired) electrons. The maximum atomic E-state index is 5.04. The van der Waals surface area contributed by atoms with Crippen molar-refractivity contribution in [2.45, 2.75) is 33.1 Å². The van der Waals surface area contributed by atoms with Crippen molar-refractivity contribution in [1.29, 1.82) is 0 Å². The summed E-state index contributed by atoms with van der Waals surface area (Å²) in [6.45, 7) is 18.3. The minimum atomic E-state index is 0.655. The summed E-state index contributed by atoms with van der Waals surface area (Å²) >= 11 is 0. The second-order valence-electron chi connectivity index (χ2n) is 10.4. The first kappa shape index (κ1) is 28.7. The molecule has 1 aliphatic heterocycles. The summed E-state index contributed by atoms with van der Waals surface area (Å²) in [6, 6.07) is 11.8. The number of aromatic nitrogens is 5. The zero-order valence-corrected chi connectivity index (χ0v) is 24.4. The van der Waals surface area contributed by atoms with Gasteiger partial charge in [0, 0.05) is 35.0 Å². The zero-order chi connectivity index (χ0) is 29.5. The predicted octanol–water partition coefficient (Wildman–Crippen LogP) is 6.60. The minimum Gasteiger partial charge on any atom is -0.359 e. The van der Waals surface area contributed by atoms with Crippen LogP contribution in [0.1, 0.15) is 48.8 Å². The van der Waals surface area contributed by atoms with Gasteiger partial charge in [0.15, 0.2) is 0 Å². The number of nitrogens with zero attached hydrogens (tertiary/aromatic N) is 4. The van der Waals surface area contributed by atoms with Crippen molar-refractivity contribution in [1.82, 2.24) is 35.8 Å². The highest BCUT2D eigenvalue weighted by atomic mass is 15.1. The Morgan fingerprint density at radius 1 is 1.14 bits per heavy atom. The number of aliphatic imine (C=N–C) groups is 1. The van der Waals surface area contributed by atoms with E-state index in [0.29, 0.717) is 5.92 Å². The van der Waals surface area contributed by atoms with Gasteiger partial charge in [0.05, 0.1) is 28.3 Å². The van der Waals surface area contributed by atoms with Gasteiger partial charge in [-0.1, -0.05) is 31.9 Å². The molecule has 4 N–H and O–H groups in total. The summed E-state index contributed by atoms with van der Waals surface area (Å²) < 4.78 is 0. The van der Waals surface area contributed by atoms with Crippen LogP contribution in [0.2, 0.25) is 0 Å². The summed E-state index contributed by atoms with van der Waals surface area (Å²) in [6.07, 6.45) is 12.6. The Hall–Kier alpha value is -4.82. The van der Waals surface area contributed by atoms with E-state index in [1.807, 2.05) is 56.3 Å². The minimum absolute atomic E-state index is 0.655. The number of aryl methyl sites for hydroxylation is 1. The number of nitrogens with one attached hydrogen (secondary N) is 4. The van der Waals surface area contributed by atoms with Crippen LogP contribution in [-0.4, -0.2) is 44.0 Å². The van der Waals surface area contributed by atoms with Crippen molar-refractivity contribution in [2.75, 3.05) is 13.1 Å². The first-order valence-electron chi connectivity index (χ1n) is 14.3. The monoisotopic (exact) mass is 558 g/mol. The van der Waals surface area contributed by atoms with Crippen molar-refractivity contribution < 1.29 is 0 Å². The lowest BCUT2D eigenvalue weighted by Crippen LogP contribution is -2.28. The average molecular weight is 559 g/mol. The normalized spacial score (nSPS) is 15.1. The Morgan fingerprint density at radius 3 is 2.69 bits per heavy atom. The van der Waals surface area contributed by atoms with Crippen LogP contribution in [0.3, 0.4) is 0 Å². The van der Waals surface area contributed by atoms with E-state index in [9.17, 15) is 0 Å². The van der Waals surface area contributed by atoms with Crippen LogP contribution in [0.5, 0.6) is 0 Å². The summed E-state index contributed by atoms with van der Waals surface area (Å²) in [4.78, 5) is 17.6. The van der Waals surface area contributed by atoms with Gasteiger partial charge in [0.25, 0.3) is 0 Å². The smallest absolute Gasteiger partial charge is 0.135 e. The number of allylic oxidation sites excluding steroid dienone is 5. The van der Waals surface area contributed by atoms with Crippen LogP contribution in [-0.2, 0) is 0 Å². The third-order valence-corrected chi connectivity index (χ3v) is 7.51. The van der Waals surface area contributed by atoms with Gasteiger partial charge in [-0.3, -0.25) is 15.1 Å². The fraction of sp³-hybridized carbons (Fsp3) is 0.235. The maximum Gasteiger partial charge on any atom is 0.135 e. The van der Waals surface area contributed by atoms with Crippen molar-refractivity contribution in [3.8, 4) is 11.4 Å². The fourth-order valence-electron chi connectivity index (χ4n) is 5.36. The number of fused-ring (bicyclic) bond motifs is 1. The first-order chi connectivity index (χ1) is 20.5. The second-order valence-corrected chi connectivity index (χ2v) is 10.4. The summed E-state index contributed by atoms with van der Waals surface area (Å²) in [5.41, 5.74) is 10.3. The molecule has 42 heavy (non-hydrogen) atoms. The highest BCUT2D eigenvalue weighted by Gasteiger charge is 2.19. The van der Waals surface area contributed by atoms with Crippen molar-refractivity contribution >= 4 is 22.3 Å². The van der Waals surface area contributed by atoms with Gasteiger partial charge in [-0.25, -0.2) is 4.98 Å². The molecule has 0 atom stereocenters. The Kier molecular flexibility index (Phi) is 9.04. The van der Waals surface area contributed by atoms with E-state index in [4.69, 9.17) is 4.98 Å². The van der Waals surface area contributed by atoms with E-state index >= 15 is 0 Å². The molecule has 0 bridgehead atoms. The third kappa shape index (κ3) is 6.39. The number of H-pyrrole nitrogens is 2. The number of hydrogen-bond acceptors (Lipinski definition) is 6. The number of piperidine rings is 1. The average Bonchev–Trinajstić information content (AvgIpc) is 3.61. The van der Waals surface area contributed by atoms with Gasteiger partial charge in [-0.05, 0) is 100 Å². The molecule has 0 spiro atoms. The largest absolute Gasteiger partial charge is 0.359 e. The molecule has 8 nitrogen and oxygen atoms in total. The number of aromatic amines is 2. The zero-order valence-electron chi connectivity index (χ0n) is 24.4. The first-order valence-corrected chi connectivity index (χ1v) is 14.3. The van der Waals surface area contributed by atoms with Gasteiger partial charge in [0.2, 0.25) is 0 Å². The number of rotatable bonds is 11. The van der Waals surface area contributed by atoms with Crippen LogP contribution in [0, 0.1) is 12.8 Å². The van der Waals surface area contributed by atoms with Crippen molar-refractivity contribution in [3.63, 3.8) is 0 Å². The molecule has 0 aliphatic carbocycles. The highest BCUT2D eigenvalue weighted by Crippen LogP contribution is 2.29. The molecular formula is C34H38N8. The molecular weight excluding hydrogens is 520 g/mol. The molecule has 1 aliphatic rings. The molecule has 214 valence electrons. The Labute approximate surface area is 247 Å². The molecule has 0 amide bonds. The van der Waals surface area contributed by atoms with E-state index in [2.05, 4.69) is 67.7 Å². The van der Waals surface area contributed by atoms with Crippen molar-refractivity contribution in [3.05, 3.63) is 121 Å². The van der Waals surface area contributed by atoms with Crippen LogP contribution in [0.4, 0.5) is 0 Å². The summed E-state index contributed by atoms with van der Waals surface area (Å²) in [5.74, 6) is 0.655. The molecule has 1 fully saturated rings. The van der Waals surface area contributed by atoms with E-state index in [0.717, 1.165) is 87.3 Å². The number of pyridine rings is 2. The molecule has 5 heterocycles. The molecule has 4 aromatic rings. The Balaban J connectivity index is 1.43. The molecule has 0 saturated carbocycles. The van der Waals surface area contributed by atoms with E-state index in [-0.39, 0.29) is 0 Å². The number of hydrogen-bond donors (Lipinski definition) is 4. The van der Waals surface area contributed by atoms with Crippen LogP contribution >= 0.6 is 0 Å².